The molecule has 7 nitrogen and oxygen atoms in total. The molecule has 1 aromatic rings. The SMILES string of the molecule is CC(=O)CNC(=O)c1ccc(C(=O)NCC(=O)O)cc1. The number of carbonyl (C=O) groups excluding carboxylic acids is 3. The summed E-state index contributed by atoms with van der Waals surface area (Å²) in [5, 5.41) is 13.1. The molecule has 0 aliphatic carbocycles. The van der Waals surface area contributed by atoms with Gasteiger partial charge >= 0.3 is 5.97 Å². The van der Waals surface area contributed by atoms with Crippen LogP contribution >= 0.6 is 0 Å². The van der Waals surface area contributed by atoms with E-state index in [1.165, 1.54) is 31.2 Å². The van der Waals surface area contributed by atoms with Gasteiger partial charge in [-0.25, -0.2) is 0 Å². The van der Waals surface area contributed by atoms with E-state index in [-0.39, 0.29) is 17.9 Å². The molecule has 1 aromatic carbocycles. The monoisotopic (exact) mass is 278 g/mol. The molecule has 3 N–H and O–H groups in total. The van der Waals surface area contributed by atoms with Gasteiger partial charge in [-0.3, -0.25) is 19.2 Å². The van der Waals surface area contributed by atoms with Crippen LogP contribution in [0.3, 0.4) is 0 Å². The van der Waals surface area contributed by atoms with Crippen LogP contribution in [0, 0.1) is 0 Å². The van der Waals surface area contributed by atoms with Crippen LogP contribution in [0.1, 0.15) is 27.6 Å². The molecule has 0 heterocycles. The van der Waals surface area contributed by atoms with Gasteiger partial charge < -0.3 is 15.7 Å². The van der Waals surface area contributed by atoms with E-state index in [4.69, 9.17) is 5.11 Å². The summed E-state index contributed by atoms with van der Waals surface area (Å²) >= 11 is 0. The standard InChI is InChI=1S/C13H14N2O5/c1-8(16)6-14-12(19)9-2-4-10(5-3-9)13(20)15-7-11(17)18/h2-5H,6-7H2,1H3,(H,14,19)(H,15,20)(H,17,18). The van der Waals surface area contributed by atoms with Gasteiger partial charge in [0.05, 0.1) is 6.54 Å². The Bertz CT molecular complexity index is 487. The number of hydrogen-bond acceptors (Lipinski definition) is 4. The Hall–Kier alpha value is -2.70. The first kappa shape index (κ1) is 15.4. The lowest BCUT2D eigenvalue weighted by molar-refractivity contribution is -0.135. The minimum atomic E-state index is -1.14. The van der Waals surface area contributed by atoms with E-state index >= 15 is 0 Å². The zero-order valence-electron chi connectivity index (χ0n) is 10.8. The zero-order chi connectivity index (χ0) is 15.1. The number of benzene rings is 1. The molecule has 0 saturated heterocycles. The third kappa shape index (κ3) is 4.89. The summed E-state index contributed by atoms with van der Waals surface area (Å²) < 4.78 is 0. The zero-order valence-corrected chi connectivity index (χ0v) is 10.8. The number of nitrogens with one attached hydrogen (secondary N) is 2. The number of Topliss-reactive ketones (excluding diaryl/α,β-unsaturated/α-hetero) is 1. The quantitative estimate of drug-likeness (QED) is 0.668. The fraction of sp³-hybridized carbons (Fsp3) is 0.231. The first-order valence-electron chi connectivity index (χ1n) is 5.78. The van der Waals surface area contributed by atoms with Gasteiger partial charge in [0.1, 0.15) is 12.3 Å². The van der Waals surface area contributed by atoms with E-state index in [1.807, 2.05) is 0 Å². The van der Waals surface area contributed by atoms with Crippen LogP contribution in [-0.2, 0) is 9.59 Å². The highest BCUT2D eigenvalue weighted by Crippen LogP contribution is 2.04. The molecule has 106 valence electrons. The molecular formula is C13H14N2O5. The molecule has 0 fully saturated rings. The maximum Gasteiger partial charge on any atom is 0.322 e. The molecular weight excluding hydrogens is 264 g/mol. The summed E-state index contributed by atoms with van der Waals surface area (Å²) in [5.74, 6) is -2.26. The lowest BCUT2D eigenvalue weighted by Crippen LogP contribution is -2.30. The van der Waals surface area contributed by atoms with Crippen LogP contribution in [0.4, 0.5) is 0 Å². The van der Waals surface area contributed by atoms with E-state index < -0.39 is 24.3 Å². The second-order valence-electron chi connectivity index (χ2n) is 4.04. The molecule has 0 bridgehead atoms. The molecule has 0 aromatic heterocycles. The van der Waals surface area contributed by atoms with Crippen molar-refractivity contribution in [1.82, 2.24) is 10.6 Å². The molecule has 0 atom stereocenters. The van der Waals surface area contributed by atoms with Gasteiger partial charge in [0, 0.05) is 11.1 Å². The molecule has 20 heavy (non-hydrogen) atoms. The average molecular weight is 278 g/mol. The molecule has 0 radical (unpaired) electrons. The molecule has 0 aliphatic rings. The van der Waals surface area contributed by atoms with Gasteiger partial charge in [-0.05, 0) is 31.2 Å². The van der Waals surface area contributed by atoms with E-state index in [1.54, 1.807) is 0 Å². The first-order valence-corrected chi connectivity index (χ1v) is 5.78. The van der Waals surface area contributed by atoms with Crippen molar-refractivity contribution in [1.29, 1.82) is 0 Å². The fourth-order valence-electron chi connectivity index (χ4n) is 1.34. The van der Waals surface area contributed by atoms with Crippen molar-refractivity contribution in [2.24, 2.45) is 0 Å². The Morgan fingerprint density at radius 1 is 0.900 bits per heavy atom. The van der Waals surface area contributed by atoms with Crippen LogP contribution in [-0.4, -0.2) is 41.8 Å². The van der Waals surface area contributed by atoms with Crippen molar-refractivity contribution < 1.29 is 24.3 Å². The first-order chi connectivity index (χ1) is 9.40. The number of rotatable bonds is 6. The second kappa shape index (κ2) is 7.03. The van der Waals surface area contributed by atoms with Crippen molar-refractivity contribution in [2.45, 2.75) is 6.92 Å². The molecule has 1 rings (SSSR count). The van der Waals surface area contributed by atoms with E-state index in [0.717, 1.165) is 0 Å². The minimum Gasteiger partial charge on any atom is -0.480 e. The highest BCUT2D eigenvalue weighted by atomic mass is 16.4. The predicted octanol–water partition coefficient (Wildman–Crippen LogP) is -0.180. The number of carboxylic acids is 1. The number of ketones is 1. The summed E-state index contributed by atoms with van der Waals surface area (Å²) in [4.78, 5) is 44.2. The van der Waals surface area contributed by atoms with Gasteiger partial charge in [0.15, 0.2) is 0 Å². The van der Waals surface area contributed by atoms with Crippen molar-refractivity contribution in [3.05, 3.63) is 35.4 Å². The third-order valence-electron chi connectivity index (χ3n) is 2.31. The Morgan fingerprint density at radius 2 is 1.30 bits per heavy atom. The molecule has 0 saturated carbocycles. The van der Waals surface area contributed by atoms with Gasteiger partial charge in [-0.1, -0.05) is 0 Å². The maximum absolute atomic E-state index is 11.6. The molecule has 7 heteroatoms. The molecule has 2 amide bonds. The summed E-state index contributed by atoms with van der Waals surface area (Å²) in [6.07, 6.45) is 0. The number of hydrogen-bond donors (Lipinski definition) is 3. The van der Waals surface area contributed by atoms with Gasteiger partial charge in [0.2, 0.25) is 0 Å². The Morgan fingerprint density at radius 3 is 1.65 bits per heavy atom. The summed E-state index contributed by atoms with van der Waals surface area (Å²) in [6.45, 7) is 0.829. The van der Waals surface area contributed by atoms with Gasteiger partial charge in [-0.15, -0.1) is 0 Å². The van der Waals surface area contributed by atoms with Gasteiger partial charge in [-0.2, -0.15) is 0 Å². The number of aliphatic carboxylic acids is 1. The predicted molar refractivity (Wildman–Crippen MR) is 69.4 cm³/mol. The Labute approximate surface area is 115 Å². The Kier molecular flexibility index (Phi) is 5.40. The van der Waals surface area contributed by atoms with Crippen molar-refractivity contribution in [2.75, 3.05) is 13.1 Å². The van der Waals surface area contributed by atoms with E-state index in [9.17, 15) is 19.2 Å². The number of carboxylic acid groups (broad SMARTS) is 1. The Balaban J connectivity index is 2.63. The molecule has 0 aliphatic heterocycles. The highest BCUT2D eigenvalue weighted by Gasteiger charge is 2.09. The topological polar surface area (TPSA) is 113 Å². The van der Waals surface area contributed by atoms with E-state index in [0.29, 0.717) is 5.56 Å². The lowest BCUT2D eigenvalue weighted by atomic mass is 10.1. The lowest BCUT2D eigenvalue weighted by Gasteiger charge is -2.05. The van der Waals surface area contributed by atoms with Crippen LogP contribution < -0.4 is 10.6 Å². The fourth-order valence-corrected chi connectivity index (χ4v) is 1.34. The van der Waals surface area contributed by atoms with Crippen LogP contribution in [0.2, 0.25) is 0 Å². The van der Waals surface area contributed by atoms with Crippen LogP contribution in [0.5, 0.6) is 0 Å². The maximum atomic E-state index is 11.6. The smallest absolute Gasteiger partial charge is 0.322 e. The van der Waals surface area contributed by atoms with Crippen molar-refractivity contribution in [3.8, 4) is 0 Å². The van der Waals surface area contributed by atoms with Crippen LogP contribution in [0.15, 0.2) is 24.3 Å². The normalized spacial score (nSPS) is 9.65. The number of amides is 2. The average Bonchev–Trinajstić information content (AvgIpc) is 2.42. The van der Waals surface area contributed by atoms with Gasteiger partial charge in [0.25, 0.3) is 11.8 Å². The molecule has 0 spiro atoms. The summed E-state index contributed by atoms with van der Waals surface area (Å²) in [5.41, 5.74) is 0.551. The van der Waals surface area contributed by atoms with E-state index in [2.05, 4.69) is 10.6 Å². The molecule has 0 unspecified atom stereocenters. The van der Waals surface area contributed by atoms with Crippen molar-refractivity contribution in [3.63, 3.8) is 0 Å². The number of carbonyl (C=O) groups is 4. The van der Waals surface area contributed by atoms with Crippen molar-refractivity contribution >= 4 is 23.6 Å². The summed E-state index contributed by atoms with van der Waals surface area (Å²) in [6, 6.07) is 5.65. The summed E-state index contributed by atoms with van der Waals surface area (Å²) in [7, 11) is 0. The minimum absolute atomic E-state index is 0.0559. The third-order valence-corrected chi connectivity index (χ3v) is 2.31. The van der Waals surface area contributed by atoms with Crippen LogP contribution in [0.25, 0.3) is 0 Å². The largest absolute Gasteiger partial charge is 0.480 e. The highest BCUT2D eigenvalue weighted by molar-refractivity contribution is 5.99. The second-order valence-corrected chi connectivity index (χ2v) is 4.04.